The predicted molar refractivity (Wildman–Crippen MR) is 83.9 cm³/mol. The van der Waals surface area contributed by atoms with Crippen LogP contribution < -0.4 is 5.73 Å². The Kier molecular flexibility index (Phi) is 4.81. The maximum Gasteiger partial charge on any atom is 0.0595 e. The first-order valence-electron chi connectivity index (χ1n) is 7.09. The van der Waals surface area contributed by atoms with E-state index in [1.165, 1.54) is 31.2 Å². The zero-order chi connectivity index (χ0) is 14.0. The van der Waals surface area contributed by atoms with Gasteiger partial charge in [-0.2, -0.15) is 0 Å². The van der Waals surface area contributed by atoms with Gasteiger partial charge >= 0.3 is 0 Å². The summed E-state index contributed by atoms with van der Waals surface area (Å²) in [5.41, 5.74) is 8.01. The van der Waals surface area contributed by atoms with Crippen LogP contribution in [0, 0.1) is 11.3 Å². The zero-order valence-electron chi connectivity index (χ0n) is 11.8. The molecule has 0 aliphatic heterocycles. The van der Waals surface area contributed by atoms with Gasteiger partial charge in [-0.15, -0.1) is 0 Å². The van der Waals surface area contributed by atoms with Crippen molar-refractivity contribution in [3.63, 3.8) is 0 Å². The number of halogens is 2. The highest BCUT2D eigenvalue weighted by molar-refractivity contribution is 6.42. The molecular formula is C16H23Cl2N. The normalized spacial score (nSPS) is 24.2. The van der Waals surface area contributed by atoms with Gasteiger partial charge in [-0.1, -0.05) is 56.0 Å². The molecule has 2 N–H and O–H groups in total. The molecule has 2 unspecified atom stereocenters. The van der Waals surface area contributed by atoms with E-state index >= 15 is 0 Å². The van der Waals surface area contributed by atoms with E-state index in [0.717, 1.165) is 6.42 Å². The van der Waals surface area contributed by atoms with E-state index in [4.69, 9.17) is 28.9 Å². The fraction of sp³-hybridized carbons (Fsp3) is 0.625. The molecule has 2 atom stereocenters. The molecule has 0 amide bonds. The van der Waals surface area contributed by atoms with Gasteiger partial charge in [0, 0.05) is 6.04 Å². The SMILES string of the molecule is CC1(C)CCCCC1C(N)Cc1ccc(Cl)c(Cl)c1. The third kappa shape index (κ3) is 3.65. The molecule has 0 saturated heterocycles. The lowest BCUT2D eigenvalue weighted by Crippen LogP contribution is -2.42. The largest absolute Gasteiger partial charge is 0.327 e. The van der Waals surface area contributed by atoms with Crippen molar-refractivity contribution < 1.29 is 0 Å². The summed E-state index contributed by atoms with van der Waals surface area (Å²) in [6, 6.07) is 6.04. The molecule has 0 spiro atoms. The quantitative estimate of drug-likeness (QED) is 0.827. The minimum atomic E-state index is 0.201. The number of rotatable bonds is 3. The first kappa shape index (κ1) is 15.2. The topological polar surface area (TPSA) is 26.0 Å². The van der Waals surface area contributed by atoms with E-state index in [2.05, 4.69) is 13.8 Å². The Hall–Kier alpha value is -0.240. The molecule has 1 aromatic rings. The standard InChI is InChI=1S/C16H23Cl2N/c1-16(2)8-4-3-5-12(16)15(19)10-11-6-7-13(17)14(18)9-11/h6-7,9,12,15H,3-5,8,10,19H2,1-2H3. The summed E-state index contributed by atoms with van der Waals surface area (Å²) in [5.74, 6) is 0.593. The molecule has 0 heterocycles. The highest BCUT2D eigenvalue weighted by atomic mass is 35.5. The van der Waals surface area contributed by atoms with E-state index in [1.54, 1.807) is 0 Å². The van der Waals surface area contributed by atoms with Crippen molar-refractivity contribution in [1.82, 2.24) is 0 Å². The average Bonchev–Trinajstić information content (AvgIpc) is 2.33. The first-order valence-corrected chi connectivity index (χ1v) is 7.85. The van der Waals surface area contributed by atoms with Gasteiger partial charge < -0.3 is 5.73 Å². The summed E-state index contributed by atoms with van der Waals surface area (Å²) in [6.07, 6.45) is 6.05. The van der Waals surface area contributed by atoms with Gasteiger partial charge in [0.1, 0.15) is 0 Å². The number of hydrogen-bond donors (Lipinski definition) is 1. The first-order chi connectivity index (χ1) is 8.90. The minimum absolute atomic E-state index is 0.201. The Morgan fingerprint density at radius 2 is 2.00 bits per heavy atom. The van der Waals surface area contributed by atoms with Crippen molar-refractivity contribution in [3.05, 3.63) is 33.8 Å². The third-order valence-electron chi connectivity index (χ3n) is 4.56. The van der Waals surface area contributed by atoms with Gasteiger partial charge in [-0.25, -0.2) is 0 Å². The van der Waals surface area contributed by atoms with Crippen LogP contribution >= 0.6 is 23.2 Å². The van der Waals surface area contributed by atoms with E-state index < -0.39 is 0 Å². The molecule has 1 aliphatic carbocycles. The molecule has 1 aromatic carbocycles. The monoisotopic (exact) mass is 299 g/mol. The zero-order valence-corrected chi connectivity index (χ0v) is 13.3. The third-order valence-corrected chi connectivity index (χ3v) is 5.30. The summed E-state index contributed by atoms with van der Waals surface area (Å²) in [4.78, 5) is 0. The molecule has 0 bridgehead atoms. The van der Waals surface area contributed by atoms with Crippen molar-refractivity contribution in [2.75, 3.05) is 0 Å². The smallest absolute Gasteiger partial charge is 0.0595 e. The highest BCUT2D eigenvalue weighted by Crippen LogP contribution is 2.42. The molecular weight excluding hydrogens is 277 g/mol. The maximum atomic E-state index is 6.47. The van der Waals surface area contributed by atoms with E-state index in [-0.39, 0.29) is 6.04 Å². The van der Waals surface area contributed by atoms with Crippen molar-refractivity contribution in [3.8, 4) is 0 Å². The Balaban J connectivity index is 2.07. The summed E-state index contributed by atoms with van der Waals surface area (Å²) in [7, 11) is 0. The molecule has 0 radical (unpaired) electrons. The van der Waals surface area contributed by atoms with Crippen LogP contribution in [0.3, 0.4) is 0 Å². The van der Waals surface area contributed by atoms with Gasteiger partial charge in [-0.05, 0) is 48.3 Å². The van der Waals surface area contributed by atoms with Crippen LogP contribution in [0.5, 0.6) is 0 Å². The lowest BCUT2D eigenvalue weighted by Gasteiger charge is -2.42. The van der Waals surface area contributed by atoms with Crippen molar-refractivity contribution >= 4 is 23.2 Å². The van der Waals surface area contributed by atoms with E-state index in [0.29, 0.717) is 21.4 Å². The second-order valence-electron chi connectivity index (χ2n) is 6.46. The Morgan fingerprint density at radius 3 is 2.63 bits per heavy atom. The summed E-state index contributed by atoms with van der Waals surface area (Å²) in [5, 5.41) is 1.23. The lowest BCUT2D eigenvalue weighted by atomic mass is 9.65. The molecule has 1 nitrogen and oxygen atoms in total. The van der Waals surface area contributed by atoms with Crippen LogP contribution in [0.4, 0.5) is 0 Å². The van der Waals surface area contributed by atoms with Crippen molar-refractivity contribution in [2.45, 2.75) is 52.0 Å². The molecule has 3 heteroatoms. The van der Waals surface area contributed by atoms with Gasteiger partial charge in [-0.3, -0.25) is 0 Å². The predicted octanol–water partition coefficient (Wildman–Crippen LogP) is 5.08. The van der Waals surface area contributed by atoms with Crippen molar-refractivity contribution in [2.24, 2.45) is 17.1 Å². The van der Waals surface area contributed by atoms with Crippen LogP contribution in [0.25, 0.3) is 0 Å². The second-order valence-corrected chi connectivity index (χ2v) is 7.27. The average molecular weight is 300 g/mol. The van der Waals surface area contributed by atoms with Crippen LogP contribution in [0.1, 0.15) is 45.1 Å². The van der Waals surface area contributed by atoms with Crippen LogP contribution in [-0.2, 0) is 6.42 Å². The minimum Gasteiger partial charge on any atom is -0.327 e. The van der Waals surface area contributed by atoms with Crippen LogP contribution in [-0.4, -0.2) is 6.04 Å². The lowest BCUT2D eigenvalue weighted by molar-refractivity contribution is 0.112. The van der Waals surface area contributed by atoms with Crippen LogP contribution in [0.2, 0.25) is 10.0 Å². The molecule has 0 aromatic heterocycles. The second kappa shape index (κ2) is 6.03. The molecule has 19 heavy (non-hydrogen) atoms. The molecule has 106 valence electrons. The van der Waals surface area contributed by atoms with Crippen LogP contribution in [0.15, 0.2) is 18.2 Å². The number of nitrogens with two attached hydrogens (primary N) is 1. The van der Waals surface area contributed by atoms with Gasteiger partial charge in [0.15, 0.2) is 0 Å². The number of hydrogen-bond acceptors (Lipinski definition) is 1. The maximum absolute atomic E-state index is 6.47. The van der Waals surface area contributed by atoms with Gasteiger partial charge in [0.25, 0.3) is 0 Å². The summed E-state index contributed by atoms with van der Waals surface area (Å²) in [6.45, 7) is 4.71. The Morgan fingerprint density at radius 1 is 1.26 bits per heavy atom. The van der Waals surface area contributed by atoms with E-state index in [9.17, 15) is 0 Å². The molecule has 1 saturated carbocycles. The number of benzene rings is 1. The van der Waals surface area contributed by atoms with Gasteiger partial charge in [0.05, 0.1) is 10.0 Å². The Labute approximate surface area is 126 Å². The summed E-state index contributed by atoms with van der Waals surface area (Å²) < 4.78 is 0. The van der Waals surface area contributed by atoms with Gasteiger partial charge in [0.2, 0.25) is 0 Å². The van der Waals surface area contributed by atoms with Crippen molar-refractivity contribution in [1.29, 1.82) is 0 Å². The summed E-state index contributed by atoms with van der Waals surface area (Å²) >= 11 is 12.0. The molecule has 1 fully saturated rings. The molecule has 1 aliphatic rings. The fourth-order valence-corrected chi connectivity index (χ4v) is 3.72. The van der Waals surface area contributed by atoms with E-state index in [1.807, 2.05) is 18.2 Å². The Bertz CT molecular complexity index is 442. The fourth-order valence-electron chi connectivity index (χ4n) is 3.40. The highest BCUT2D eigenvalue weighted by Gasteiger charge is 2.35. The molecule has 2 rings (SSSR count).